The first-order chi connectivity index (χ1) is 12.2. The standard InChI is InChI=1S/C18H17N3O4/c1-13-4-6-15(11-20-13)23-9-3-2-8-19-18(22)21-14-5-7-16-17(10-14)25-12-24-16/h4-7,10-11H,8-9,12H2,1H3,(H2,19,21,22). The maximum Gasteiger partial charge on any atom is 0.319 e. The molecule has 0 spiro atoms. The van der Waals surface area contributed by atoms with E-state index in [0.717, 1.165) is 5.69 Å². The summed E-state index contributed by atoms with van der Waals surface area (Å²) in [6, 6.07) is 8.54. The Kier molecular flexibility index (Phi) is 5.22. The number of hydrogen-bond acceptors (Lipinski definition) is 5. The third-order valence-corrected chi connectivity index (χ3v) is 3.29. The molecule has 3 rings (SSSR count). The first-order valence-corrected chi connectivity index (χ1v) is 7.66. The van der Waals surface area contributed by atoms with E-state index in [1.54, 1.807) is 24.4 Å². The summed E-state index contributed by atoms with van der Waals surface area (Å²) in [7, 11) is 0. The first kappa shape index (κ1) is 16.5. The molecule has 2 heterocycles. The van der Waals surface area contributed by atoms with Crippen molar-refractivity contribution in [3.05, 3.63) is 42.2 Å². The first-order valence-electron chi connectivity index (χ1n) is 7.66. The molecule has 0 radical (unpaired) electrons. The SMILES string of the molecule is Cc1ccc(OCC#CCNC(=O)Nc2ccc3c(c2)OCO3)cn1. The molecule has 128 valence electrons. The summed E-state index contributed by atoms with van der Waals surface area (Å²) < 4.78 is 15.9. The van der Waals surface area contributed by atoms with Gasteiger partial charge in [-0.05, 0) is 31.2 Å². The van der Waals surface area contributed by atoms with E-state index < -0.39 is 0 Å². The van der Waals surface area contributed by atoms with Crippen molar-refractivity contribution in [3.8, 4) is 29.1 Å². The average Bonchev–Trinajstić information content (AvgIpc) is 3.07. The van der Waals surface area contributed by atoms with Gasteiger partial charge in [0.15, 0.2) is 11.5 Å². The Morgan fingerprint density at radius 1 is 1.24 bits per heavy atom. The Labute approximate surface area is 145 Å². The van der Waals surface area contributed by atoms with Crippen LogP contribution in [0.15, 0.2) is 36.5 Å². The van der Waals surface area contributed by atoms with Gasteiger partial charge in [-0.3, -0.25) is 4.98 Å². The minimum atomic E-state index is -0.350. The highest BCUT2D eigenvalue weighted by molar-refractivity contribution is 5.89. The van der Waals surface area contributed by atoms with Crippen molar-refractivity contribution < 1.29 is 19.0 Å². The molecular weight excluding hydrogens is 322 g/mol. The molecule has 2 amide bonds. The molecule has 7 heteroatoms. The van der Waals surface area contributed by atoms with E-state index in [-0.39, 0.29) is 26.0 Å². The summed E-state index contributed by atoms with van der Waals surface area (Å²) in [6.07, 6.45) is 1.65. The molecule has 1 aromatic carbocycles. The zero-order valence-electron chi connectivity index (χ0n) is 13.7. The van der Waals surface area contributed by atoms with Crippen LogP contribution in [0, 0.1) is 18.8 Å². The Bertz CT molecular complexity index is 809. The number of anilines is 1. The van der Waals surface area contributed by atoms with E-state index in [2.05, 4.69) is 27.5 Å². The quantitative estimate of drug-likeness (QED) is 0.836. The Morgan fingerprint density at radius 2 is 2.12 bits per heavy atom. The predicted octanol–water partition coefficient (Wildman–Crippen LogP) is 2.32. The largest absolute Gasteiger partial charge is 0.479 e. The molecule has 0 bridgehead atoms. The molecule has 1 aliphatic rings. The highest BCUT2D eigenvalue weighted by atomic mass is 16.7. The average molecular weight is 339 g/mol. The normalized spacial score (nSPS) is 11.2. The van der Waals surface area contributed by atoms with Gasteiger partial charge in [-0.25, -0.2) is 4.79 Å². The minimum Gasteiger partial charge on any atom is -0.479 e. The maximum atomic E-state index is 11.8. The molecule has 2 N–H and O–H groups in total. The van der Waals surface area contributed by atoms with Crippen LogP contribution in [0.1, 0.15) is 5.69 Å². The van der Waals surface area contributed by atoms with Crippen LogP contribution in [0.4, 0.5) is 10.5 Å². The number of pyridine rings is 1. The fourth-order valence-corrected chi connectivity index (χ4v) is 2.05. The number of nitrogens with one attached hydrogen (secondary N) is 2. The number of benzene rings is 1. The molecule has 0 unspecified atom stereocenters. The van der Waals surface area contributed by atoms with Gasteiger partial charge in [0.2, 0.25) is 6.79 Å². The van der Waals surface area contributed by atoms with Gasteiger partial charge >= 0.3 is 6.03 Å². The van der Waals surface area contributed by atoms with Gasteiger partial charge in [0.05, 0.1) is 12.7 Å². The van der Waals surface area contributed by atoms with Gasteiger partial charge in [-0.2, -0.15) is 0 Å². The van der Waals surface area contributed by atoms with Gasteiger partial charge in [0.25, 0.3) is 0 Å². The molecule has 0 saturated heterocycles. The number of rotatable bonds is 4. The van der Waals surface area contributed by atoms with Gasteiger partial charge in [-0.1, -0.05) is 11.8 Å². The number of nitrogens with zero attached hydrogens (tertiary/aromatic N) is 1. The highest BCUT2D eigenvalue weighted by Crippen LogP contribution is 2.34. The number of carbonyl (C=O) groups excluding carboxylic acids is 1. The van der Waals surface area contributed by atoms with Crippen LogP contribution < -0.4 is 24.8 Å². The number of hydrogen-bond donors (Lipinski definition) is 2. The summed E-state index contributed by atoms with van der Waals surface area (Å²) in [5.41, 5.74) is 1.54. The van der Waals surface area contributed by atoms with Crippen molar-refractivity contribution in [1.29, 1.82) is 0 Å². The summed E-state index contributed by atoms with van der Waals surface area (Å²) in [4.78, 5) is 15.9. The van der Waals surface area contributed by atoms with Crippen LogP contribution in [0.5, 0.6) is 17.2 Å². The minimum absolute atomic E-state index is 0.196. The van der Waals surface area contributed by atoms with Gasteiger partial charge in [0, 0.05) is 17.4 Å². The highest BCUT2D eigenvalue weighted by Gasteiger charge is 2.13. The number of carbonyl (C=O) groups is 1. The Balaban J connectivity index is 1.37. The molecular formula is C18H17N3O4. The molecule has 0 aliphatic carbocycles. The lowest BCUT2D eigenvalue weighted by molar-refractivity contribution is 0.174. The molecule has 0 saturated carbocycles. The fraction of sp³-hybridized carbons (Fsp3) is 0.222. The van der Waals surface area contributed by atoms with Gasteiger partial charge in [0.1, 0.15) is 12.4 Å². The summed E-state index contributed by atoms with van der Waals surface area (Å²) in [6.45, 7) is 2.55. The second-order valence-electron chi connectivity index (χ2n) is 5.15. The van der Waals surface area contributed by atoms with Crippen molar-refractivity contribution >= 4 is 11.7 Å². The lowest BCUT2D eigenvalue weighted by Crippen LogP contribution is -2.28. The van der Waals surface area contributed by atoms with Crippen molar-refractivity contribution in [2.75, 3.05) is 25.3 Å². The summed E-state index contributed by atoms with van der Waals surface area (Å²) in [5, 5.41) is 5.34. The van der Waals surface area contributed by atoms with Crippen molar-refractivity contribution in [2.45, 2.75) is 6.92 Å². The van der Waals surface area contributed by atoms with E-state index in [0.29, 0.717) is 22.9 Å². The van der Waals surface area contributed by atoms with Crippen molar-refractivity contribution in [1.82, 2.24) is 10.3 Å². The number of aromatic nitrogens is 1. The second kappa shape index (κ2) is 7.93. The van der Waals surface area contributed by atoms with E-state index in [9.17, 15) is 4.79 Å². The molecule has 0 atom stereocenters. The van der Waals surface area contributed by atoms with E-state index >= 15 is 0 Å². The zero-order chi connectivity index (χ0) is 17.5. The van der Waals surface area contributed by atoms with Crippen LogP contribution in [-0.4, -0.2) is 31.0 Å². The van der Waals surface area contributed by atoms with Crippen LogP contribution in [0.25, 0.3) is 0 Å². The second-order valence-corrected chi connectivity index (χ2v) is 5.15. The molecule has 25 heavy (non-hydrogen) atoms. The van der Waals surface area contributed by atoms with Crippen molar-refractivity contribution in [3.63, 3.8) is 0 Å². The van der Waals surface area contributed by atoms with Crippen LogP contribution in [0.3, 0.4) is 0 Å². The lowest BCUT2D eigenvalue weighted by Gasteiger charge is -2.06. The number of fused-ring (bicyclic) bond motifs is 1. The summed E-state index contributed by atoms with van der Waals surface area (Å²) in [5.74, 6) is 7.58. The monoisotopic (exact) mass is 339 g/mol. The molecule has 2 aromatic rings. The van der Waals surface area contributed by atoms with Crippen LogP contribution in [0.2, 0.25) is 0 Å². The number of urea groups is 1. The van der Waals surface area contributed by atoms with Gasteiger partial charge in [-0.15, -0.1) is 0 Å². The number of aryl methyl sites for hydroxylation is 1. The molecule has 0 fully saturated rings. The maximum absolute atomic E-state index is 11.8. The van der Waals surface area contributed by atoms with E-state index in [1.807, 2.05) is 19.1 Å². The Morgan fingerprint density at radius 3 is 2.96 bits per heavy atom. The number of amides is 2. The fourth-order valence-electron chi connectivity index (χ4n) is 2.05. The third-order valence-electron chi connectivity index (χ3n) is 3.29. The van der Waals surface area contributed by atoms with Crippen molar-refractivity contribution in [2.24, 2.45) is 0 Å². The van der Waals surface area contributed by atoms with Gasteiger partial charge < -0.3 is 24.8 Å². The topological polar surface area (TPSA) is 81.7 Å². The summed E-state index contributed by atoms with van der Waals surface area (Å²) >= 11 is 0. The smallest absolute Gasteiger partial charge is 0.319 e. The Hall–Kier alpha value is -3.40. The number of ether oxygens (including phenoxy) is 3. The van der Waals surface area contributed by atoms with Crippen LogP contribution in [-0.2, 0) is 0 Å². The molecule has 1 aliphatic heterocycles. The lowest BCUT2D eigenvalue weighted by atomic mass is 10.3. The van der Waals surface area contributed by atoms with E-state index in [4.69, 9.17) is 14.2 Å². The third kappa shape index (κ3) is 4.78. The van der Waals surface area contributed by atoms with Crippen LogP contribution >= 0.6 is 0 Å². The van der Waals surface area contributed by atoms with E-state index in [1.165, 1.54) is 0 Å². The zero-order valence-corrected chi connectivity index (χ0v) is 13.7. The molecule has 1 aromatic heterocycles. The predicted molar refractivity (Wildman–Crippen MR) is 91.8 cm³/mol. The molecule has 7 nitrogen and oxygen atoms in total.